The summed E-state index contributed by atoms with van der Waals surface area (Å²) in [4.78, 5) is 10.1. The zero-order chi connectivity index (χ0) is 11.8. The van der Waals surface area contributed by atoms with Crippen LogP contribution in [0.1, 0.15) is 13.3 Å². The van der Waals surface area contributed by atoms with Crippen molar-refractivity contribution < 1.29 is 4.92 Å². The predicted octanol–water partition coefficient (Wildman–Crippen LogP) is 2.61. The predicted molar refractivity (Wildman–Crippen MR) is 65.4 cm³/mol. The van der Waals surface area contributed by atoms with Crippen LogP contribution in [0.25, 0.3) is 0 Å². The zero-order valence-electron chi connectivity index (χ0n) is 8.92. The first-order valence-corrected chi connectivity index (χ1v) is 5.35. The largest absolute Gasteiger partial charge is 0.388 e. The minimum atomic E-state index is -0.374. The van der Waals surface area contributed by atoms with Crippen LogP contribution in [0.5, 0.6) is 0 Å². The van der Waals surface area contributed by atoms with Gasteiger partial charge in [0.2, 0.25) is 6.54 Å². The second kappa shape index (κ2) is 7.23. The number of nitro groups is 1. The third-order valence-corrected chi connectivity index (χ3v) is 2.25. The van der Waals surface area contributed by atoms with Crippen LogP contribution in [-0.2, 0) is 0 Å². The number of nitrogens with one attached hydrogen (secondary N) is 1. The Kier molecular flexibility index (Phi) is 6.70. The van der Waals surface area contributed by atoms with Crippen LogP contribution in [0.3, 0.4) is 0 Å². The highest BCUT2D eigenvalue weighted by atomic mass is 79.9. The molecule has 0 aromatic heterocycles. The molecule has 0 saturated heterocycles. The summed E-state index contributed by atoms with van der Waals surface area (Å²) in [6.07, 6.45) is 4.52. The Bertz CT molecular complexity index is 309. The molecule has 0 aliphatic rings. The quantitative estimate of drug-likeness (QED) is 0.460. The van der Waals surface area contributed by atoms with Crippen LogP contribution >= 0.6 is 15.9 Å². The van der Waals surface area contributed by atoms with Crippen LogP contribution in [0.2, 0.25) is 0 Å². The normalized spacial score (nSPS) is 12.5. The van der Waals surface area contributed by atoms with Crippen LogP contribution < -0.4 is 5.32 Å². The van der Waals surface area contributed by atoms with Crippen molar-refractivity contribution in [1.29, 1.82) is 0 Å². The Labute approximate surface area is 98.0 Å². The van der Waals surface area contributed by atoms with E-state index >= 15 is 0 Å². The van der Waals surface area contributed by atoms with Gasteiger partial charge in [0.15, 0.2) is 0 Å². The van der Waals surface area contributed by atoms with E-state index in [9.17, 15) is 10.1 Å². The fourth-order valence-corrected chi connectivity index (χ4v) is 1.55. The lowest BCUT2D eigenvalue weighted by molar-refractivity contribution is -0.470. The minimum Gasteiger partial charge on any atom is -0.388 e. The molecule has 15 heavy (non-hydrogen) atoms. The summed E-state index contributed by atoms with van der Waals surface area (Å²) in [5.74, 6) is 0. The molecule has 0 saturated carbocycles. The zero-order valence-corrected chi connectivity index (χ0v) is 10.5. The molecule has 0 fully saturated rings. The summed E-state index contributed by atoms with van der Waals surface area (Å²) in [5, 5.41) is 13.2. The molecule has 4 nitrogen and oxygen atoms in total. The highest BCUT2D eigenvalue weighted by Gasteiger charge is 2.08. The molecular formula is C10H15BrN2O2. The molecule has 0 spiro atoms. The second-order valence-electron chi connectivity index (χ2n) is 2.89. The van der Waals surface area contributed by atoms with Gasteiger partial charge < -0.3 is 5.32 Å². The number of hydrogen-bond donors (Lipinski definition) is 1. The lowest BCUT2D eigenvalue weighted by atomic mass is 10.2. The maximum Gasteiger partial charge on any atom is 0.230 e. The molecule has 0 aromatic carbocycles. The molecule has 5 heteroatoms. The Balaban J connectivity index is 4.84. The lowest BCUT2D eigenvalue weighted by Crippen LogP contribution is -2.14. The Morgan fingerprint density at radius 1 is 1.67 bits per heavy atom. The average Bonchev–Trinajstić information content (AvgIpc) is 2.15. The van der Waals surface area contributed by atoms with E-state index in [4.69, 9.17) is 0 Å². The van der Waals surface area contributed by atoms with Gasteiger partial charge in [0.25, 0.3) is 0 Å². The smallest absolute Gasteiger partial charge is 0.230 e. The summed E-state index contributed by atoms with van der Waals surface area (Å²) in [5.41, 5.74) is 1.13. The lowest BCUT2D eigenvalue weighted by Gasteiger charge is -2.06. The monoisotopic (exact) mass is 274 g/mol. The van der Waals surface area contributed by atoms with Gasteiger partial charge in [-0.2, -0.15) is 0 Å². The van der Waals surface area contributed by atoms with Crippen molar-refractivity contribution in [2.45, 2.75) is 13.3 Å². The number of hydrogen-bond acceptors (Lipinski definition) is 3. The van der Waals surface area contributed by atoms with Gasteiger partial charge in [0.05, 0.1) is 0 Å². The molecule has 0 rings (SSSR count). The highest BCUT2D eigenvalue weighted by Crippen LogP contribution is 2.14. The molecule has 0 aliphatic carbocycles. The van der Waals surface area contributed by atoms with Crippen molar-refractivity contribution in [2.24, 2.45) is 0 Å². The van der Waals surface area contributed by atoms with E-state index in [-0.39, 0.29) is 11.5 Å². The summed E-state index contributed by atoms with van der Waals surface area (Å²) in [7, 11) is 1.69. The van der Waals surface area contributed by atoms with E-state index in [0.29, 0.717) is 11.3 Å². The first-order chi connectivity index (χ1) is 7.01. The van der Waals surface area contributed by atoms with Crippen LogP contribution in [0.15, 0.2) is 34.5 Å². The molecule has 0 aliphatic heterocycles. The average molecular weight is 275 g/mol. The molecular weight excluding hydrogens is 260 g/mol. The molecule has 0 amide bonds. The molecule has 84 valence electrons. The van der Waals surface area contributed by atoms with Crippen molar-refractivity contribution in [1.82, 2.24) is 5.32 Å². The first kappa shape index (κ1) is 13.9. The van der Waals surface area contributed by atoms with Crippen molar-refractivity contribution in [3.8, 4) is 0 Å². The number of nitrogens with zero attached hydrogens (tertiary/aromatic N) is 1. The van der Waals surface area contributed by atoms with Gasteiger partial charge >= 0.3 is 0 Å². The van der Waals surface area contributed by atoms with E-state index in [1.807, 2.05) is 13.0 Å². The summed E-state index contributed by atoms with van der Waals surface area (Å²) in [6, 6.07) is 0. The summed E-state index contributed by atoms with van der Waals surface area (Å²) < 4.78 is 0.832. The molecule has 0 aromatic rings. The van der Waals surface area contributed by atoms with Gasteiger partial charge in [0, 0.05) is 27.7 Å². The van der Waals surface area contributed by atoms with Crippen molar-refractivity contribution in [3.63, 3.8) is 0 Å². The molecule has 0 heterocycles. The second-order valence-corrected chi connectivity index (χ2v) is 3.80. The van der Waals surface area contributed by atoms with E-state index in [2.05, 4.69) is 27.8 Å². The molecule has 1 N–H and O–H groups in total. The maximum absolute atomic E-state index is 10.4. The van der Waals surface area contributed by atoms with Crippen molar-refractivity contribution in [3.05, 3.63) is 44.6 Å². The first-order valence-electron chi connectivity index (χ1n) is 4.56. The van der Waals surface area contributed by atoms with Gasteiger partial charge in [-0.1, -0.05) is 35.5 Å². The topological polar surface area (TPSA) is 55.2 Å². The Morgan fingerprint density at radius 2 is 2.27 bits per heavy atom. The van der Waals surface area contributed by atoms with Gasteiger partial charge in [0.1, 0.15) is 0 Å². The Hall–Kier alpha value is -1.10. The maximum atomic E-state index is 10.4. The molecule has 0 unspecified atom stereocenters. The number of rotatable bonds is 6. The third kappa shape index (κ3) is 6.06. The minimum absolute atomic E-state index is 0.230. The van der Waals surface area contributed by atoms with E-state index < -0.39 is 0 Å². The molecule has 0 radical (unpaired) electrons. The van der Waals surface area contributed by atoms with E-state index in [0.717, 1.165) is 10.9 Å². The standard InChI is InChI=1S/C10H15BrN2O2/c1-4-5-10(11)6-9(7-13(14)15)8(2)12-3/h5-6,12H,2,4,7H2,1,3H3/b9-6-,10-5+. The van der Waals surface area contributed by atoms with Crippen LogP contribution in [0, 0.1) is 10.1 Å². The molecule has 0 bridgehead atoms. The number of allylic oxidation sites excluding steroid dienone is 3. The van der Waals surface area contributed by atoms with E-state index in [1.165, 1.54) is 0 Å². The fourth-order valence-electron chi connectivity index (χ4n) is 0.948. The fraction of sp³-hybridized carbons (Fsp3) is 0.400. The number of likely N-dealkylation sites (N-methyl/N-ethyl adjacent to an activating group) is 1. The van der Waals surface area contributed by atoms with Gasteiger partial charge in [-0.05, 0) is 12.5 Å². The van der Waals surface area contributed by atoms with Gasteiger partial charge in [-0.15, -0.1) is 0 Å². The van der Waals surface area contributed by atoms with Crippen LogP contribution in [-0.4, -0.2) is 18.5 Å². The number of halogens is 1. The highest BCUT2D eigenvalue weighted by molar-refractivity contribution is 9.11. The van der Waals surface area contributed by atoms with Gasteiger partial charge in [-0.25, -0.2) is 0 Å². The third-order valence-electron chi connectivity index (χ3n) is 1.70. The summed E-state index contributed by atoms with van der Waals surface area (Å²) in [6.45, 7) is 5.47. The van der Waals surface area contributed by atoms with Crippen LogP contribution in [0.4, 0.5) is 0 Å². The summed E-state index contributed by atoms with van der Waals surface area (Å²) >= 11 is 3.32. The van der Waals surface area contributed by atoms with Gasteiger partial charge in [-0.3, -0.25) is 10.1 Å². The SMILES string of the molecule is C=C(NC)/C(=C\C(Br)=C/CC)C[N+](=O)[O-]. The molecule has 0 atom stereocenters. The van der Waals surface area contributed by atoms with Crippen molar-refractivity contribution >= 4 is 15.9 Å². The van der Waals surface area contributed by atoms with E-state index in [1.54, 1.807) is 13.1 Å². The Morgan fingerprint density at radius 3 is 2.67 bits per heavy atom. The van der Waals surface area contributed by atoms with Crippen molar-refractivity contribution in [2.75, 3.05) is 13.6 Å².